The highest BCUT2D eigenvalue weighted by atomic mass is 28.4. The zero-order valence-electron chi connectivity index (χ0n) is 11.9. The predicted molar refractivity (Wildman–Crippen MR) is 75.3 cm³/mol. The van der Waals surface area contributed by atoms with Gasteiger partial charge in [-0.3, -0.25) is 0 Å². The van der Waals surface area contributed by atoms with E-state index in [0.29, 0.717) is 6.54 Å². The Morgan fingerprint density at radius 2 is 1.67 bits per heavy atom. The summed E-state index contributed by atoms with van der Waals surface area (Å²) in [6.45, 7) is 2.49. The summed E-state index contributed by atoms with van der Waals surface area (Å²) in [6.07, 6.45) is 2.81. The molecule has 1 unspecified atom stereocenters. The van der Waals surface area contributed by atoms with Gasteiger partial charge in [-0.25, -0.2) is 0 Å². The summed E-state index contributed by atoms with van der Waals surface area (Å²) in [5.74, 6) is 0. The molecule has 0 radical (unpaired) electrons. The van der Waals surface area contributed by atoms with Crippen LogP contribution >= 0.6 is 0 Å². The minimum absolute atomic E-state index is 0.202. The molecule has 0 aliphatic heterocycles. The fourth-order valence-electron chi connectivity index (χ4n) is 1.76. The zero-order chi connectivity index (χ0) is 13.9. The first-order valence-electron chi connectivity index (χ1n) is 6.46. The topological polar surface area (TPSA) is 91.8 Å². The maximum absolute atomic E-state index is 5.86. The Hall–Kier alpha value is -0.0231. The highest BCUT2D eigenvalue weighted by Gasteiger charge is 2.36. The van der Waals surface area contributed by atoms with E-state index >= 15 is 0 Å². The number of nitrogens with two attached hydrogens (primary N) is 2. The summed E-state index contributed by atoms with van der Waals surface area (Å²) in [5, 5.41) is 3.35. The molecule has 5 N–H and O–H groups in total. The van der Waals surface area contributed by atoms with Crippen molar-refractivity contribution in [1.29, 1.82) is 0 Å². The molecule has 0 aromatic carbocycles. The van der Waals surface area contributed by atoms with Gasteiger partial charge in [0.25, 0.3) is 0 Å². The maximum atomic E-state index is 5.86. The van der Waals surface area contributed by atoms with Gasteiger partial charge in [0.15, 0.2) is 0 Å². The first kappa shape index (κ1) is 18.0. The number of nitrogens with one attached hydrogen (secondary N) is 1. The molecule has 0 fully saturated rings. The van der Waals surface area contributed by atoms with Crippen LogP contribution in [-0.4, -0.2) is 55.8 Å². The first-order chi connectivity index (χ1) is 8.64. The van der Waals surface area contributed by atoms with E-state index in [-0.39, 0.29) is 6.04 Å². The van der Waals surface area contributed by atoms with E-state index in [9.17, 15) is 0 Å². The molecule has 6 nitrogen and oxygen atoms in total. The Labute approximate surface area is 112 Å². The van der Waals surface area contributed by atoms with Gasteiger partial charge in [-0.15, -0.1) is 0 Å². The Balaban J connectivity index is 3.55. The van der Waals surface area contributed by atoms with Crippen molar-refractivity contribution in [1.82, 2.24) is 5.32 Å². The average Bonchev–Trinajstić information content (AvgIpc) is 2.39. The van der Waals surface area contributed by atoms with Crippen molar-refractivity contribution in [3.8, 4) is 0 Å². The van der Waals surface area contributed by atoms with E-state index in [1.807, 2.05) is 0 Å². The normalized spacial score (nSPS) is 13.8. The highest BCUT2D eigenvalue weighted by molar-refractivity contribution is 6.60. The Kier molecular flexibility index (Phi) is 10.8. The van der Waals surface area contributed by atoms with Crippen LogP contribution in [0.1, 0.15) is 19.3 Å². The summed E-state index contributed by atoms with van der Waals surface area (Å²) < 4.78 is 16.0. The lowest BCUT2D eigenvalue weighted by Crippen LogP contribution is -2.43. The van der Waals surface area contributed by atoms with E-state index in [2.05, 4.69) is 5.32 Å². The molecule has 0 amide bonds. The third-order valence-electron chi connectivity index (χ3n) is 3.00. The molecule has 7 heteroatoms. The molecule has 0 heterocycles. The van der Waals surface area contributed by atoms with Crippen molar-refractivity contribution in [3.63, 3.8) is 0 Å². The summed E-state index contributed by atoms with van der Waals surface area (Å²) in [4.78, 5) is 0. The lowest BCUT2D eigenvalue weighted by atomic mass is 10.1. The minimum Gasteiger partial charge on any atom is -0.377 e. The van der Waals surface area contributed by atoms with E-state index in [1.54, 1.807) is 21.3 Å². The highest BCUT2D eigenvalue weighted by Crippen LogP contribution is 2.14. The second kappa shape index (κ2) is 10.9. The van der Waals surface area contributed by atoms with Gasteiger partial charge in [-0.2, -0.15) is 0 Å². The average molecular weight is 279 g/mol. The van der Waals surface area contributed by atoms with Crippen LogP contribution < -0.4 is 16.8 Å². The molecule has 0 aromatic rings. The molecule has 0 bridgehead atoms. The van der Waals surface area contributed by atoms with Crippen molar-refractivity contribution in [3.05, 3.63) is 0 Å². The van der Waals surface area contributed by atoms with E-state index in [4.69, 9.17) is 24.7 Å². The molecule has 0 saturated carbocycles. The molecule has 0 saturated heterocycles. The zero-order valence-corrected chi connectivity index (χ0v) is 12.9. The van der Waals surface area contributed by atoms with Crippen LogP contribution in [0.25, 0.3) is 0 Å². The second-order valence-electron chi connectivity index (χ2n) is 4.28. The SMILES string of the molecule is CO[Si](CCCNCCC(N)CCN)(OC)OC. The van der Waals surface area contributed by atoms with Gasteiger partial charge in [0.1, 0.15) is 0 Å². The quantitative estimate of drug-likeness (QED) is 0.342. The summed E-state index contributed by atoms with van der Waals surface area (Å²) in [5.41, 5.74) is 11.3. The fourth-order valence-corrected chi connectivity index (χ4v) is 3.48. The van der Waals surface area contributed by atoms with Crippen LogP contribution in [-0.2, 0) is 13.3 Å². The smallest absolute Gasteiger partial charge is 0.377 e. The molecule has 0 aromatic heterocycles. The molecule has 0 spiro atoms. The van der Waals surface area contributed by atoms with Crippen LogP contribution in [0.3, 0.4) is 0 Å². The van der Waals surface area contributed by atoms with Crippen molar-refractivity contribution in [2.24, 2.45) is 11.5 Å². The van der Waals surface area contributed by atoms with Crippen LogP contribution in [0.15, 0.2) is 0 Å². The van der Waals surface area contributed by atoms with Crippen LogP contribution in [0, 0.1) is 0 Å². The van der Waals surface area contributed by atoms with Gasteiger partial charge < -0.3 is 30.1 Å². The third kappa shape index (κ3) is 7.42. The molecule has 18 heavy (non-hydrogen) atoms. The third-order valence-corrected chi connectivity index (χ3v) is 5.83. The summed E-state index contributed by atoms with van der Waals surface area (Å²) in [6, 6.07) is 1.02. The Morgan fingerprint density at radius 3 is 2.17 bits per heavy atom. The van der Waals surface area contributed by atoms with Crippen molar-refractivity contribution in [2.45, 2.75) is 31.3 Å². The Morgan fingerprint density at radius 1 is 1.06 bits per heavy atom. The Bertz CT molecular complexity index is 186. The van der Waals surface area contributed by atoms with Crippen molar-refractivity contribution >= 4 is 8.80 Å². The number of rotatable bonds is 12. The van der Waals surface area contributed by atoms with E-state index in [1.165, 1.54) is 0 Å². The van der Waals surface area contributed by atoms with Crippen LogP contribution in [0.4, 0.5) is 0 Å². The van der Waals surface area contributed by atoms with Crippen molar-refractivity contribution in [2.75, 3.05) is 41.0 Å². The summed E-state index contributed by atoms with van der Waals surface area (Å²) in [7, 11) is 2.52. The lowest BCUT2D eigenvalue weighted by molar-refractivity contribution is 0.123. The number of hydrogen-bond acceptors (Lipinski definition) is 6. The molecule has 110 valence electrons. The standard InChI is InChI=1S/C11H29N3O3Si/c1-15-18(16-2,17-3)10-4-8-14-9-6-11(13)5-7-12/h11,14H,4-10,12-13H2,1-3H3. The molecular weight excluding hydrogens is 250 g/mol. The van der Waals surface area contributed by atoms with E-state index in [0.717, 1.165) is 38.4 Å². The van der Waals surface area contributed by atoms with Crippen molar-refractivity contribution < 1.29 is 13.3 Å². The molecular formula is C11H29N3O3Si. The van der Waals surface area contributed by atoms with Crippen LogP contribution in [0.2, 0.25) is 6.04 Å². The lowest BCUT2D eigenvalue weighted by Gasteiger charge is -2.24. The largest absolute Gasteiger partial charge is 0.500 e. The van der Waals surface area contributed by atoms with E-state index < -0.39 is 8.80 Å². The second-order valence-corrected chi connectivity index (χ2v) is 7.37. The monoisotopic (exact) mass is 279 g/mol. The predicted octanol–water partition coefficient (Wildman–Crippen LogP) is -0.0896. The maximum Gasteiger partial charge on any atom is 0.500 e. The summed E-state index contributed by atoms with van der Waals surface area (Å²) >= 11 is 0. The molecule has 0 aliphatic rings. The van der Waals surface area contributed by atoms with Gasteiger partial charge in [-0.1, -0.05) is 0 Å². The molecule has 1 atom stereocenters. The molecule has 0 aliphatic carbocycles. The van der Waals surface area contributed by atoms with Gasteiger partial charge in [0, 0.05) is 33.4 Å². The van der Waals surface area contributed by atoms with Gasteiger partial charge in [0.2, 0.25) is 0 Å². The van der Waals surface area contributed by atoms with Gasteiger partial charge in [0.05, 0.1) is 0 Å². The van der Waals surface area contributed by atoms with Crippen LogP contribution in [0.5, 0.6) is 0 Å². The minimum atomic E-state index is -2.39. The van der Waals surface area contributed by atoms with Gasteiger partial charge >= 0.3 is 8.80 Å². The number of hydrogen-bond donors (Lipinski definition) is 3. The molecule has 0 rings (SSSR count). The van der Waals surface area contributed by atoms with Gasteiger partial charge in [-0.05, 0) is 38.9 Å². The first-order valence-corrected chi connectivity index (χ1v) is 8.39. The fraction of sp³-hybridized carbons (Fsp3) is 1.00.